The van der Waals surface area contributed by atoms with Gasteiger partial charge in [-0.15, -0.1) is 0 Å². The zero-order chi connectivity index (χ0) is 15.8. The molecule has 9 heteroatoms. The second-order valence-corrected chi connectivity index (χ2v) is 4.81. The molecule has 0 saturated carbocycles. The topological polar surface area (TPSA) is 142 Å². The fourth-order valence-electron chi connectivity index (χ4n) is 1.99. The van der Waals surface area contributed by atoms with Gasteiger partial charge in [-0.1, -0.05) is 0 Å². The molecule has 0 unspecified atom stereocenters. The summed E-state index contributed by atoms with van der Waals surface area (Å²) in [6.07, 6.45) is 1.65. The number of carboxylic acids is 1. The first-order valence-electron chi connectivity index (χ1n) is 6.73. The van der Waals surface area contributed by atoms with Gasteiger partial charge in [-0.3, -0.25) is 9.59 Å². The van der Waals surface area contributed by atoms with Crippen LogP contribution in [0.15, 0.2) is 0 Å². The van der Waals surface area contributed by atoms with Crippen LogP contribution in [0, 0.1) is 0 Å². The van der Waals surface area contributed by atoms with Crippen LogP contribution < -0.4 is 16.4 Å². The number of likely N-dealkylation sites (tertiary alicyclic amines) is 1. The Morgan fingerprint density at radius 1 is 1.19 bits per heavy atom. The Morgan fingerprint density at radius 3 is 2.33 bits per heavy atom. The van der Waals surface area contributed by atoms with E-state index in [4.69, 9.17) is 10.8 Å². The highest BCUT2D eigenvalue weighted by atomic mass is 16.4. The minimum atomic E-state index is -1.27. The lowest BCUT2D eigenvalue weighted by Crippen LogP contribution is -2.48. The van der Waals surface area contributed by atoms with E-state index in [0.29, 0.717) is 13.1 Å². The van der Waals surface area contributed by atoms with Gasteiger partial charge in [-0.25, -0.2) is 9.59 Å². The SMILES string of the molecule is NC(=O)CC[C@@H](NC(=O)NCC(=O)N1CCCC1)C(=O)O. The van der Waals surface area contributed by atoms with Crippen LogP contribution in [0.3, 0.4) is 0 Å². The van der Waals surface area contributed by atoms with E-state index < -0.39 is 23.9 Å². The number of amides is 4. The lowest BCUT2D eigenvalue weighted by molar-refractivity contribution is -0.139. The van der Waals surface area contributed by atoms with Crippen molar-refractivity contribution in [3.8, 4) is 0 Å². The highest BCUT2D eigenvalue weighted by Gasteiger charge is 2.22. The van der Waals surface area contributed by atoms with Crippen LogP contribution in [0.25, 0.3) is 0 Å². The van der Waals surface area contributed by atoms with Gasteiger partial charge in [0.25, 0.3) is 0 Å². The number of carbonyl (C=O) groups is 4. The van der Waals surface area contributed by atoms with Crippen molar-refractivity contribution in [1.29, 1.82) is 0 Å². The Hall–Kier alpha value is -2.32. The zero-order valence-electron chi connectivity index (χ0n) is 11.6. The third kappa shape index (κ3) is 6.11. The zero-order valence-corrected chi connectivity index (χ0v) is 11.6. The molecule has 1 rings (SSSR count). The van der Waals surface area contributed by atoms with Crippen molar-refractivity contribution in [3.05, 3.63) is 0 Å². The number of carbonyl (C=O) groups excluding carboxylic acids is 3. The molecule has 0 spiro atoms. The number of nitrogens with two attached hydrogens (primary N) is 1. The molecule has 1 fully saturated rings. The molecule has 1 aliphatic rings. The van der Waals surface area contributed by atoms with Crippen molar-refractivity contribution in [3.63, 3.8) is 0 Å². The number of nitrogens with one attached hydrogen (secondary N) is 2. The van der Waals surface area contributed by atoms with Crippen LogP contribution in [-0.2, 0) is 14.4 Å². The monoisotopic (exact) mass is 300 g/mol. The van der Waals surface area contributed by atoms with Gasteiger partial charge < -0.3 is 26.4 Å². The molecule has 0 aromatic rings. The van der Waals surface area contributed by atoms with Gasteiger partial charge in [0.15, 0.2) is 0 Å². The van der Waals surface area contributed by atoms with Crippen molar-refractivity contribution in [1.82, 2.24) is 15.5 Å². The van der Waals surface area contributed by atoms with Gasteiger partial charge in [0.05, 0.1) is 6.54 Å². The maximum absolute atomic E-state index is 11.7. The summed E-state index contributed by atoms with van der Waals surface area (Å²) in [6, 6.07) is -1.99. The van der Waals surface area contributed by atoms with Crippen LogP contribution in [0.5, 0.6) is 0 Å². The molecule has 1 atom stereocenters. The Kier molecular flexibility index (Phi) is 6.44. The van der Waals surface area contributed by atoms with E-state index >= 15 is 0 Å². The van der Waals surface area contributed by atoms with Gasteiger partial charge in [0.2, 0.25) is 11.8 Å². The van der Waals surface area contributed by atoms with Crippen LogP contribution in [0.1, 0.15) is 25.7 Å². The highest BCUT2D eigenvalue weighted by Crippen LogP contribution is 2.06. The fourth-order valence-corrected chi connectivity index (χ4v) is 1.99. The Balaban J connectivity index is 2.33. The normalized spacial score (nSPS) is 15.3. The number of rotatable bonds is 7. The second kappa shape index (κ2) is 8.08. The van der Waals surface area contributed by atoms with Gasteiger partial charge >= 0.3 is 12.0 Å². The Morgan fingerprint density at radius 2 is 1.81 bits per heavy atom. The second-order valence-electron chi connectivity index (χ2n) is 4.81. The maximum Gasteiger partial charge on any atom is 0.326 e. The van der Waals surface area contributed by atoms with Crippen LogP contribution in [-0.4, -0.2) is 59.5 Å². The highest BCUT2D eigenvalue weighted by molar-refractivity contribution is 5.87. The van der Waals surface area contributed by atoms with Crippen molar-refractivity contribution in [2.45, 2.75) is 31.7 Å². The average Bonchev–Trinajstić information content (AvgIpc) is 2.94. The van der Waals surface area contributed by atoms with E-state index in [1.54, 1.807) is 4.90 Å². The summed E-state index contributed by atoms with van der Waals surface area (Å²) in [6.45, 7) is 1.17. The van der Waals surface area contributed by atoms with Crippen LogP contribution >= 0.6 is 0 Å². The molecular weight excluding hydrogens is 280 g/mol. The molecular formula is C12H20N4O5. The Labute approximate surface area is 121 Å². The third-order valence-electron chi connectivity index (χ3n) is 3.14. The molecule has 5 N–H and O–H groups in total. The molecule has 0 aromatic heterocycles. The molecule has 4 amide bonds. The summed E-state index contributed by atoms with van der Waals surface area (Å²) < 4.78 is 0. The van der Waals surface area contributed by atoms with E-state index in [0.717, 1.165) is 12.8 Å². The fraction of sp³-hybridized carbons (Fsp3) is 0.667. The molecule has 1 aliphatic heterocycles. The first-order valence-corrected chi connectivity index (χ1v) is 6.73. The average molecular weight is 300 g/mol. The Bertz CT molecular complexity index is 420. The number of urea groups is 1. The summed E-state index contributed by atoms with van der Waals surface area (Å²) in [4.78, 5) is 46.4. The smallest absolute Gasteiger partial charge is 0.326 e. The summed E-state index contributed by atoms with van der Waals surface area (Å²) in [5.41, 5.74) is 4.93. The lowest BCUT2D eigenvalue weighted by Gasteiger charge is -2.17. The predicted octanol–water partition coefficient (Wildman–Crippen LogP) is -1.37. The molecule has 118 valence electrons. The standard InChI is InChI=1S/C12H20N4O5/c13-9(17)4-3-8(11(19)20)15-12(21)14-7-10(18)16-5-1-2-6-16/h8H,1-7H2,(H2,13,17)(H,19,20)(H2,14,15,21)/t8-/m1/s1. The van der Waals surface area contributed by atoms with Gasteiger partial charge in [-0.05, 0) is 19.3 Å². The number of hydrogen-bond acceptors (Lipinski definition) is 4. The van der Waals surface area contributed by atoms with E-state index in [1.165, 1.54) is 0 Å². The molecule has 9 nitrogen and oxygen atoms in total. The number of carboxylic acid groups (broad SMARTS) is 1. The molecule has 0 aromatic carbocycles. The summed E-state index contributed by atoms with van der Waals surface area (Å²) >= 11 is 0. The van der Waals surface area contributed by atoms with Gasteiger partial charge in [0.1, 0.15) is 6.04 Å². The van der Waals surface area contributed by atoms with Crippen molar-refractivity contribution < 1.29 is 24.3 Å². The molecule has 1 saturated heterocycles. The summed E-state index contributed by atoms with van der Waals surface area (Å²) in [7, 11) is 0. The van der Waals surface area contributed by atoms with E-state index in [9.17, 15) is 19.2 Å². The van der Waals surface area contributed by atoms with Crippen LogP contribution in [0.4, 0.5) is 4.79 Å². The summed E-state index contributed by atoms with van der Waals surface area (Å²) in [5, 5.41) is 13.4. The molecule has 0 radical (unpaired) electrons. The first-order chi connectivity index (χ1) is 9.90. The third-order valence-corrected chi connectivity index (χ3v) is 3.14. The quantitative estimate of drug-likeness (QED) is 0.459. The van der Waals surface area contributed by atoms with E-state index in [-0.39, 0.29) is 25.3 Å². The number of nitrogens with zero attached hydrogens (tertiary/aromatic N) is 1. The summed E-state index contributed by atoms with van der Waals surface area (Å²) in [5.74, 6) is -2.11. The van der Waals surface area contributed by atoms with E-state index in [1.807, 2.05) is 0 Å². The number of primary amides is 1. The first kappa shape index (κ1) is 16.7. The molecule has 0 bridgehead atoms. The van der Waals surface area contributed by atoms with E-state index in [2.05, 4.69) is 10.6 Å². The number of hydrogen-bond donors (Lipinski definition) is 4. The van der Waals surface area contributed by atoms with Gasteiger partial charge in [-0.2, -0.15) is 0 Å². The minimum Gasteiger partial charge on any atom is -0.480 e. The van der Waals surface area contributed by atoms with Crippen molar-refractivity contribution in [2.24, 2.45) is 5.73 Å². The minimum absolute atomic E-state index is 0.0990. The lowest BCUT2D eigenvalue weighted by atomic mass is 10.1. The van der Waals surface area contributed by atoms with Crippen molar-refractivity contribution >= 4 is 23.8 Å². The molecule has 0 aliphatic carbocycles. The largest absolute Gasteiger partial charge is 0.480 e. The molecule has 21 heavy (non-hydrogen) atoms. The van der Waals surface area contributed by atoms with Gasteiger partial charge in [0, 0.05) is 19.5 Å². The number of aliphatic carboxylic acids is 1. The van der Waals surface area contributed by atoms with Crippen LogP contribution in [0.2, 0.25) is 0 Å². The van der Waals surface area contributed by atoms with Crippen molar-refractivity contribution in [2.75, 3.05) is 19.6 Å². The predicted molar refractivity (Wildman–Crippen MR) is 72.2 cm³/mol. The maximum atomic E-state index is 11.7. The molecule has 1 heterocycles.